The summed E-state index contributed by atoms with van der Waals surface area (Å²) in [4.78, 5) is 0. The standard InChI is InChI=1S/C32H22BNO/c1-2-6-24(7-3-1)34-29-9-5-4-8-25(29)26-18-21(10-13-30(26)34)22-11-14-31-27(19-22)28-20-23(33-16-17-33)12-15-32(28)35-31/h1-15,18-20H,16-17H2. The largest absolute Gasteiger partial charge is 0.456 e. The zero-order chi connectivity index (χ0) is 22.9. The van der Waals surface area contributed by atoms with Gasteiger partial charge in [-0.1, -0.05) is 78.8 Å². The topological polar surface area (TPSA) is 18.1 Å². The molecule has 164 valence electrons. The number of fused-ring (bicyclic) bond motifs is 6. The van der Waals surface area contributed by atoms with E-state index in [1.807, 2.05) is 0 Å². The van der Waals surface area contributed by atoms with Gasteiger partial charge in [-0.25, -0.2) is 0 Å². The van der Waals surface area contributed by atoms with Gasteiger partial charge in [0.1, 0.15) is 11.2 Å². The van der Waals surface area contributed by atoms with Crippen LogP contribution in [0.1, 0.15) is 0 Å². The van der Waals surface area contributed by atoms with Crippen LogP contribution in [0.4, 0.5) is 0 Å². The molecule has 2 nitrogen and oxygen atoms in total. The Morgan fingerprint density at radius 1 is 0.543 bits per heavy atom. The van der Waals surface area contributed by atoms with Crippen molar-refractivity contribution in [1.29, 1.82) is 0 Å². The molecule has 3 heterocycles. The Morgan fingerprint density at radius 3 is 2.03 bits per heavy atom. The van der Waals surface area contributed by atoms with Gasteiger partial charge in [-0.2, -0.15) is 0 Å². The fourth-order valence-electron chi connectivity index (χ4n) is 5.65. The lowest BCUT2D eigenvalue weighted by atomic mass is 9.63. The zero-order valence-corrected chi connectivity index (χ0v) is 19.2. The average Bonchev–Trinajstić information content (AvgIpc) is 3.63. The third-order valence-corrected chi connectivity index (χ3v) is 7.56. The summed E-state index contributed by atoms with van der Waals surface area (Å²) >= 11 is 0. The smallest absolute Gasteiger partial charge is 0.174 e. The van der Waals surface area contributed by atoms with Crippen molar-refractivity contribution in [2.75, 3.05) is 0 Å². The monoisotopic (exact) mass is 447 g/mol. The molecule has 0 bridgehead atoms. The summed E-state index contributed by atoms with van der Waals surface area (Å²) in [6.45, 7) is 0.733. The molecule has 0 atom stereocenters. The number of aromatic nitrogens is 1. The van der Waals surface area contributed by atoms with E-state index in [9.17, 15) is 0 Å². The number of para-hydroxylation sites is 2. The van der Waals surface area contributed by atoms with E-state index in [1.165, 1.54) is 67.5 Å². The Balaban J connectivity index is 1.34. The van der Waals surface area contributed by atoms with Gasteiger partial charge in [0.15, 0.2) is 6.71 Å². The van der Waals surface area contributed by atoms with Crippen LogP contribution < -0.4 is 5.46 Å². The summed E-state index contributed by atoms with van der Waals surface area (Å²) < 4.78 is 8.54. The molecule has 35 heavy (non-hydrogen) atoms. The molecule has 1 fully saturated rings. The minimum absolute atomic E-state index is 0.733. The highest BCUT2D eigenvalue weighted by Crippen LogP contribution is 2.37. The minimum atomic E-state index is 0.733. The molecule has 1 aliphatic heterocycles. The van der Waals surface area contributed by atoms with Crippen LogP contribution in [-0.2, 0) is 0 Å². The first kappa shape index (κ1) is 19.1. The average molecular weight is 447 g/mol. The second-order valence-corrected chi connectivity index (χ2v) is 9.76. The van der Waals surface area contributed by atoms with Gasteiger partial charge in [-0.3, -0.25) is 0 Å². The van der Waals surface area contributed by atoms with Crippen LogP contribution in [0.15, 0.2) is 114 Å². The number of hydrogen-bond donors (Lipinski definition) is 0. The molecule has 0 unspecified atom stereocenters. The Kier molecular flexibility index (Phi) is 3.89. The molecule has 1 aliphatic rings. The first-order chi connectivity index (χ1) is 17.3. The van der Waals surface area contributed by atoms with Gasteiger partial charge in [-0.15, -0.1) is 0 Å². The predicted octanol–water partition coefficient (Wildman–Crippen LogP) is 8.07. The molecule has 0 spiro atoms. The first-order valence-corrected chi connectivity index (χ1v) is 12.4. The Bertz CT molecular complexity index is 1910. The summed E-state index contributed by atoms with van der Waals surface area (Å²) in [6.07, 6.45) is 2.62. The molecule has 2 aromatic heterocycles. The number of furan rings is 1. The molecular formula is C32H22BNO. The first-order valence-electron chi connectivity index (χ1n) is 12.4. The van der Waals surface area contributed by atoms with Gasteiger partial charge in [-0.05, 0) is 59.7 Å². The number of hydrogen-bond acceptors (Lipinski definition) is 1. The second-order valence-electron chi connectivity index (χ2n) is 9.76. The lowest BCUT2D eigenvalue weighted by Crippen LogP contribution is -2.13. The number of rotatable bonds is 3. The normalized spacial score (nSPS) is 13.4. The predicted molar refractivity (Wildman–Crippen MR) is 148 cm³/mol. The SMILES string of the molecule is c1ccc(-n2c3ccccc3c3cc(-c4ccc5oc6ccc(B7CC7)cc6c5c4)ccc32)cc1. The van der Waals surface area contributed by atoms with Gasteiger partial charge in [0.2, 0.25) is 0 Å². The fraction of sp³-hybridized carbons (Fsp3) is 0.0625. The van der Waals surface area contributed by atoms with Crippen molar-refractivity contribution in [2.45, 2.75) is 12.6 Å². The van der Waals surface area contributed by atoms with Gasteiger partial charge < -0.3 is 8.98 Å². The molecule has 5 aromatic carbocycles. The number of nitrogens with zero attached hydrogens (tertiary/aromatic N) is 1. The van der Waals surface area contributed by atoms with Crippen LogP contribution in [0.2, 0.25) is 12.6 Å². The van der Waals surface area contributed by atoms with Crippen LogP contribution in [0.5, 0.6) is 0 Å². The third kappa shape index (κ3) is 2.91. The maximum Gasteiger partial charge on any atom is 0.174 e. The summed E-state index contributed by atoms with van der Waals surface area (Å²) in [5.74, 6) is 0. The quantitative estimate of drug-likeness (QED) is 0.251. The Morgan fingerprint density at radius 2 is 1.20 bits per heavy atom. The van der Waals surface area contributed by atoms with Crippen LogP contribution in [0.25, 0.3) is 60.6 Å². The van der Waals surface area contributed by atoms with Crippen molar-refractivity contribution in [3.8, 4) is 16.8 Å². The van der Waals surface area contributed by atoms with E-state index >= 15 is 0 Å². The maximum absolute atomic E-state index is 6.18. The molecule has 7 aromatic rings. The lowest BCUT2D eigenvalue weighted by Gasteiger charge is -2.08. The molecule has 0 aliphatic carbocycles. The van der Waals surface area contributed by atoms with Crippen molar-refractivity contribution >= 4 is 55.9 Å². The minimum Gasteiger partial charge on any atom is -0.456 e. The van der Waals surface area contributed by atoms with Crippen molar-refractivity contribution in [3.05, 3.63) is 109 Å². The lowest BCUT2D eigenvalue weighted by molar-refractivity contribution is 0.669. The van der Waals surface area contributed by atoms with E-state index < -0.39 is 0 Å². The van der Waals surface area contributed by atoms with E-state index in [-0.39, 0.29) is 0 Å². The van der Waals surface area contributed by atoms with Crippen LogP contribution in [0, 0.1) is 0 Å². The van der Waals surface area contributed by atoms with Crippen molar-refractivity contribution in [2.24, 2.45) is 0 Å². The van der Waals surface area contributed by atoms with E-state index in [4.69, 9.17) is 4.42 Å². The van der Waals surface area contributed by atoms with Gasteiger partial charge in [0, 0.05) is 27.2 Å². The van der Waals surface area contributed by atoms with Gasteiger partial charge in [0.25, 0.3) is 0 Å². The molecule has 8 rings (SSSR count). The number of benzene rings is 5. The van der Waals surface area contributed by atoms with Crippen LogP contribution in [0.3, 0.4) is 0 Å². The summed E-state index contributed by atoms with van der Waals surface area (Å²) in [6, 6.07) is 39.5. The zero-order valence-electron chi connectivity index (χ0n) is 19.2. The highest BCUT2D eigenvalue weighted by molar-refractivity contribution is 6.82. The third-order valence-electron chi connectivity index (χ3n) is 7.56. The molecule has 1 saturated heterocycles. The van der Waals surface area contributed by atoms with Crippen LogP contribution in [-0.4, -0.2) is 11.3 Å². The fourth-order valence-corrected chi connectivity index (χ4v) is 5.65. The molecule has 0 radical (unpaired) electrons. The van der Waals surface area contributed by atoms with Crippen molar-refractivity contribution < 1.29 is 4.42 Å². The summed E-state index contributed by atoms with van der Waals surface area (Å²) in [7, 11) is 0. The second kappa shape index (κ2) is 7.13. The van der Waals surface area contributed by atoms with E-state index in [0.717, 1.165) is 17.9 Å². The van der Waals surface area contributed by atoms with Crippen molar-refractivity contribution in [1.82, 2.24) is 4.57 Å². The molecule has 0 saturated carbocycles. The maximum atomic E-state index is 6.18. The van der Waals surface area contributed by atoms with E-state index in [0.29, 0.717) is 0 Å². The van der Waals surface area contributed by atoms with E-state index in [1.54, 1.807) is 0 Å². The Labute approximate surface area is 203 Å². The van der Waals surface area contributed by atoms with Gasteiger partial charge in [0.05, 0.1) is 11.0 Å². The molecule has 3 heteroatoms. The highest BCUT2D eigenvalue weighted by Gasteiger charge is 2.28. The highest BCUT2D eigenvalue weighted by atomic mass is 16.3. The van der Waals surface area contributed by atoms with Crippen molar-refractivity contribution in [3.63, 3.8) is 0 Å². The van der Waals surface area contributed by atoms with Crippen LogP contribution >= 0.6 is 0 Å². The summed E-state index contributed by atoms with van der Waals surface area (Å²) in [5, 5.41) is 4.98. The van der Waals surface area contributed by atoms with E-state index in [2.05, 4.69) is 114 Å². The van der Waals surface area contributed by atoms with Gasteiger partial charge >= 0.3 is 0 Å². The summed E-state index contributed by atoms with van der Waals surface area (Å²) in [5.41, 5.74) is 9.46. The molecule has 0 N–H and O–H groups in total. The molecule has 0 amide bonds. The molecular weight excluding hydrogens is 425 g/mol. The Hall–Kier alpha value is -4.24.